The molecule has 2 heterocycles. The summed E-state index contributed by atoms with van der Waals surface area (Å²) in [5, 5.41) is 3.74. The second-order valence-electron chi connectivity index (χ2n) is 8.93. The molecule has 4 aromatic carbocycles. The first-order valence-corrected chi connectivity index (χ1v) is 13.9. The molecule has 4 heteroatoms. The first-order chi connectivity index (χ1) is 18.1. The number of fused-ring (bicyclic) bond motifs is 3. The molecule has 0 aliphatic heterocycles. The van der Waals surface area contributed by atoms with E-state index in [0.717, 1.165) is 49.4 Å². The van der Waals surface area contributed by atoms with Gasteiger partial charge in [-0.15, -0.1) is 0 Å². The predicted molar refractivity (Wildman–Crippen MR) is 158 cm³/mol. The SMILES string of the molecule is C=Cc1ccc2c(c1)c1cc(C=C)ccc1n2-c1cccc(P(=O)(c2ccccc2)c2ccccc2)n1. The van der Waals surface area contributed by atoms with Gasteiger partial charge >= 0.3 is 0 Å². The molecule has 3 nitrogen and oxygen atoms in total. The highest BCUT2D eigenvalue weighted by atomic mass is 31.2. The van der Waals surface area contributed by atoms with Crippen LogP contribution in [0, 0.1) is 0 Å². The maximum absolute atomic E-state index is 14.9. The molecule has 6 aromatic rings. The Hall–Kier alpha value is -4.46. The molecule has 0 bridgehead atoms. The van der Waals surface area contributed by atoms with E-state index >= 15 is 0 Å². The van der Waals surface area contributed by atoms with Gasteiger partial charge in [0, 0.05) is 21.4 Å². The van der Waals surface area contributed by atoms with Gasteiger partial charge < -0.3 is 4.57 Å². The zero-order chi connectivity index (χ0) is 25.4. The second-order valence-corrected chi connectivity index (χ2v) is 11.6. The van der Waals surface area contributed by atoms with Gasteiger partial charge in [-0.05, 0) is 47.5 Å². The normalized spacial score (nSPS) is 11.6. The Balaban J connectivity index is 1.64. The van der Waals surface area contributed by atoms with Crippen molar-refractivity contribution in [1.82, 2.24) is 9.55 Å². The Kier molecular flexibility index (Phi) is 5.71. The fourth-order valence-electron chi connectivity index (χ4n) is 4.96. The van der Waals surface area contributed by atoms with Crippen LogP contribution in [0.2, 0.25) is 0 Å². The molecular formula is C33H25N2OP. The lowest BCUT2D eigenvalue weighted by Gasteiger charge is -2.20. The first-order valence-electron chi connectivity index (χ1n) is 12.2. The summed E-state index contributed by atoms with van der Waals surface area (Å²) in [5.74, 6) is 0.724. The van der Waals surface area contributed by atoms with Gasteiger partial charge in [-0.1, -0.05) is 104 Å². The monoisotopic (exact) mass is 496 g/mol. The van der Waals surface area contributed by atoms with Crippen molar-refractivity contribution < 1.29 is 4.57 Å². The molecule has 0 fully saturated rings. The van der Waals surface area contributed by atoms with Crippen molar-refractivity contribution in [3.8, 4) is 5.82 Å². The summed E-state index contributed by atoms with van der Waals surface area (Å²) >= 11 is 0. The smallest absolute Gasteiger partial charge is 0.188 e. The maximum atomic E-state index is 14.9. The van der Waals surface area contributed by atoms with Crippen molar-refractivity contribution in [2.24, 2.45) is 0 Å². The molecule has 0 aliphatic rings. The van der Waals surface area contributed by atoms with Gasteiger partial charge in [0.05, 0.1) is 11.0 Å². The fourth-order valence-corrected chi connectivity index (χ4v) is 7.51. The van der Waals surface area contributed by atoms with Gasteiger partial charge in [-0.2, -0.15) is 0 Å². The highest BCUT2D eigenvalue weighted by Crippen LogP contribution is 2.42. The number of benzene rings is 4. The third-order valence-corrected chi connectivity index (χ3v) is 9.74. The van der Waals surface area contributed by atoms with E-state index < -0.39 is 7.14 Å². The van der Waals surface area contributed by atoms with Crippen LogP contribution in [0.4, 0.5) is 0 Å². The summed E-state index contributed by atoms with van der Waals surface area (Å²) in [6.07, 6.45) is 3.71. The summed E-state index contributed by atoms with van der Waals surface area (Å²) in [4.78, 5) is 5.09. The van der Waals surface area contributed by atoms with E-state index in [9.17, 15) is 4.57 Å². The topological polar surface area (TPSA) is 34.9 Å². The molecule has 0 aliphatic carbocycles. The van der Waals surface area contributed by atoms with E-state index in [1.165, 1.54) is 0 Å². The third kappa shape index (κ3) is 3.76. The van der Waals surface area contributed by atoms with Crippen molar-refractivity contribution in [3.63, 3.8) is 0 Å². The van der Waals surface area contributed by atoms with Gasteiger partial charge in [0.25, 0.3) is 0 Å². The van der Waals surface area contributed by atoms with Crippen LogP contribution in [-0.4, -0.2) is 9.55 Å². The van der Waals surface area contributed by atoms with Crippen molar-refractivity contribution in [2.45, 2.75) is 0 Å². The van der Waals surface area contributed by atoms with Crippen molar-refractivity contribution in [3.05, 3.63) is 140 Å². The van der Waals surface area contributed by atoms with E-state index in [-0.39, 0.29) is 0 Å². The van der Waals surface area contributed by atoms with Gasteiger partial charge in [-0.25, -0.2) is 4.98 Å². The lowest BCUT2D eigenvalue weighted by Crippen LogP contribution is -2.27. The average Bonchev–Trinajstić information content (AvgIpc) is 3.30. The summed E-state index contributed by atoms with van der Waals surface area (Å²) < 4.78 is 17.1. The van der Waals surface area contributed by atoms with Crippen LogP contribution in [0.15, 0.2) is 128 Å². The van der Waals surface area contributed by atoms with E-state index in [0.29, 0.717) is 5.44 Å². The molecule has 2 aromatic heterocycles. The number of aromatic nitrogens is 2. The molecule has 178 valence electrons. The molecular weight excluding hydrogens is 471 g/mol. The lowest BCUT2D eigenvalue weighted by molar-refractivity contribution is 0.592. The summed E-state index contributed by atoms with van der Waals surface area (Å²) in [6, 6.07) is 37.7. The van der Waals surface area contributed by atoms with Crippen molar-refractivity contribution >= 4 is 57.1 Å². The van der Waals surface area contributed by atoms with Crippen LogP contribution in [0.3, 0.4) is 0 Å². The van der Waals surface area contributed by atoms with Crippen LogP contribution in [-0.2, 0) is 4.57 Å². The molecule has 37 heavy (non-hydrogen) atoms. The van der Waals surface area contributed by atoms with E-state index in [2.05, 4.69) is 54.1 Å². The zero-order valence-corrected chi connectivity index (χ0v) is 21.2. The minimum absolute atomic E-state index is 0.558. The van der Waals surface area contributed by atoms with Crippen LogP contribution in [0.1, 0.15) is 11.1 Å². The molecule has 0 spiro atoms. The number of hydrogen-bond acceptors (Lipinski definition) is 2. The molecule has 0 saturated heterocycles. The van der Waals surface area contributed by atoms with Gasteiger partial charge in [0.15, 0.2) is 7.14 Å². The number of hydrogen-bond donors (Lipinski definition) is 0. The highest BCUT2D eigenvalue weighted by molar-refractivity contribution is 7.85. The molecule has 0 radical (unpaired) electrons. The summed E-state index contributed by atoms with van der Waals surface area (Å²) in [7, 11) is -3.20. The van der Waals surface area contributed by atoms with Crippen LogP contribution in [0.25, 0.3) is 39.8 Å². The van der Waals surface area contributed by atoms with Crippen molar-refractivity contribution in [1.29, 1.82) is 0 Å². The fraction of sp³-hybridized carbons (Fsp3) is 0. The van der Waals surface area contributed by atoms with E-state index in [1.807, 2.05) is 91.0 Å². The van der Waals surface area contributed by atoms with Gasteiger partial charge in [0.1, 0.15) is 11.3 Å². The maximum Gasteiger partial charge on any atom is 0.188 e. The average molecular weight is 497 g/mol. The molecule has 0 amide bonds. The van der Waals surface area contributed by atoms with E-state index in [1.54, 1.807) is 0 Å². The van der Waals surface area contributed by atoms with Gasteiger partial charge in [0.2, 0.25) is 0 Å². The Morgan fingerprint density at radius 1 is 0.622 bits per heavy atom. The van der Waals surface area contributed by atoms with E-state index in [4.69, 9.17) is 4.98 Å². The highest BCUT2D eigenvalue weighted by Gasteiger charge is 2.31. The standard InChI is InChI=1S/C33H25N2OP/c1-3-24-18-20-30-28(22-24)29-23-25(4-2)19-21-31(29)35(30)32-16-11-17-33(34-32)37(36,26-12-7-5-8-13-26)27-14-9-6-10-15-27/h3-23H,1-2H2. The zero-order valence-electron chi connectivity index (χ0n) is 20.3. The van der Waals surface area contributed by atoms with Crippen molar-refractivity contribution in [2.75, 3.05) is 0 Å². The Labute approximate surface area is 216 Å². The number of pyridine rings is 1. The first kappa shape index (κ1) is 23.0. The molecule has 6 rings (SSSR count). The summed E-state index contributed by atoms with van der Waals surface area (Å²) in [5.41, 5.74) is 4.72. The summed E-state index contributed by atoms with van der Waals surface area (Å²) in [6.45, 7) is 7.89. The quantitative estimate of drug-likeness (QED) is 0.231. The van der Waals surface area contributed by atoms with Crippen LogP contribution in [0.5, 0.6) is 0 Å². The molecule has 0 N–H and O–H groups in total. The van der Waals surface area contributed by atoms with Crippen LogP contribution >= 0.6 is 7.14 Å². The Bertz CT molecular complexity index is 1730. The molecule has 0 unspecified atom stereocenters. The number of nitrogens with zero attached hydrogens (tertiary/aromatic N) is 2. The minimum Gasteiger partial charge on any atom is -0.307 e. The Morgan fingerprint density at radius 3 is 1.62 bits per heavy atom. The minimum atomic E-state index is -3.20. The predicted octanol–water partition coefficient (Wildman–Crippen LogP) is 7.10. The largest absolute Gasteiger partial charge is 0.307 e. The second kappa shape index (κ2) is 9.20. The van der Waals surface area contributed by atoms with Gasteiger partial charge in [-0.3, -0.25) is 4.57 Å². The van der Waals surface area contributed by atoms with Crippen LogP contribution < -0.4 is 16.0 Å². The molecule has 0 atom stereocenters. The third-order valence-electron chi connectivity index (χ3n) is 6.80. The molecule has 0 saturated carbocycles. The lowest BCUT2D eigenvalue weighted by atomic mass is 10.1. The Morgan fingerprint density at radius 2 is 1.14 bits per heavy atom. The number of rotatable bonds is 6.